The Morgan fingerprint density at radius 3 is 2.84 bits per heavy atom. The van der Waals surface area contributed by atoms with E-state index in [-0.39, 0.29) is 17.2 Å². The number of likely N-dealkylation sites (N-methyl/N-ethyl adjacent to an activating group) is 1. The van der Waals surface area contributed by atoms with E-state index in [9.17, 15) is 4.39 Å². The van der Waals surface area contributed by atoms with Crippen molar-refractivity contribution >= 4 is 5.84 Å². The van der Waals surface area contributed by atoms with Gasteiger partial charge in [0.1, 0.15) is 11.7 Å². The second-order valence-corrected chi connectivity index (χ2v) is 5.33. The molecule has 0 bridgehead atoms. The van der Waals surface area contributed by atoms with Crippen LogP contribution in [0.1, 0.15) is 17.5 Å². The van der Waals surface area contributed by atoms with Crippen molar-refractivity contribution in [2.75, 3.05) is 27.2 Å². The topological polar surface area (TPSA) is 56.4 Å². The number of nitrogens with one attached hydrogen (secondary N) is 1. The van der Waals surface area contributed by atoms with E-state index in [2.05, 4.69) is 23.9 Å². The highest BCUT2D eigenvalue weighted by molar-refractivity contribution is 5.95. The van der Waals surface area contributed by atoms with Crippen LogP contribution in [0.25, 0.3) is 0 Å². The number of hydrogen-bond donors (Lipinski definition) is 2. The summed E-state index contributed by atoms with van der Waals surface area (Å²) < 4.78 is 14.2. The van der Waals surface area contributed by atoms with Gasteiger partial charge in [-0.15, -0.1) is 0 Å². The summed E-state index contributed by atoms with van der Waals surface area (Å²) in [6.07, 6.45) is 1.11. The highest BCUT2D eigenvalue weighted by Gasteiger charge is 2.24. The molecule has 104 valence electrons. The van der Waals surface area contributed by atoms with E-state index in [0.29, 0.717) is 18.2 Å². The van der Waals surface area contributed by atoms with Crippen LogP contribution in [0, 0.1) is 11.2 Å². The molecule has 1 atom stereocenters. The minimum Gasteiger partial charge on any atom is -0.384 e. The van der Waals surface area contributed by atoms with Gasteiger partial charge >= 0.3 is 0 Å². The number of rotatable bonds is 4. The van der Waals surface area contributed by atoms with Gasteiger partial charge in [0.15, 0.2) is 0 Å². The van der Waals surface area contributed by atoms with Gasteiger partial charge in [0.2, 0.25) is 0 Å². The van der Waals surface area contributed by atoms with E-state index >= 15 is 0 Å². The molecular formula is C14H21FN4. The molecule has 1 saturated heterocycles. The predicted molar refractivity (Wildman–Crippen MR) is 74.8 cm³/mol. The molecular weight excluding hydrogens is 243 g/mol. The van der Waals surface area contributed by atoms with Crippen molar-refractivity contribution < 1.29 is 4.39 Å². The Morgan fingerprint density at radius 2 is 2.26 bits per heavy atom. The zero-order chi connectivity index (χ0) is 14.0. The molecule has 1 heterocycles. The molecule has 5 heteroatoms. The van der Waals surface area contributed by atoms with Crippen LogP contribution >= 0.6 is 0 Å². The Hall–Kier alpha value is -1.46. The fourth-order valence-electron chi connectivity index (χ4n) is 2.53. The van der Waals surface area contributed by atoms with Crippen LogP contribution in [-0.4, -0.2) is 48.9 Å². The molecule has 0 aliphatic carbocycles. The number of amidine groups is 1. The Balaban J connectivity index is 2.08. The molecule has 0 saturated carbocycles. The van der Waals surface area contributed by atoms with Crippen LogP contribution in [0.15, 0.2) is 18.2 Å². The average molecular weight is 264 g/mol. The van der Waals surface area contributed by atoms with Crippen LogP contribution in [0.5, 0.6) is 0 Å². The smallest absolute Gasteiger partial charge is 0.138 e. The van der Waals surface area contributed by atoms with E-state index in [1.807, 2.05) is 0 Å². The summed E-state index contributed by atoms with van der Waals surface area (Å²) in [7, 11) is 4.15. The van der Waals surface area contributed by atoms with Gasteiger partial charge in [-0.1, -0.05) is 12.1 Å². The number of nitrogens with zero attached hydrogens (tertiary/aromatic N) is 2. The number of nitrogen functional groups attached to an aromatic ring is 1. The number of hydrogen-bond acceptors (Lipinski definition) is 3. The van der Waals surface area contributed by atoms with Gasteiger partial charge in [-0.2, -0.15) is 0 Å². The molecule has 0 amide bonds. The standard InChI is InChI=1S/C14H21FN4/c1-18(2)11-6-7-19(9-11)8-10-4-3-5-12(13(10)15)14(16)17/h3-5,11H,6-9H2,1-2H3,(H3,16,17). The third kappa shape index (κ3) is 3.11. The summed E-state index contributed by atoms with van der Waals surface area (Å²) in [6, 6.07) is 5.62. The van der Waals surface area contributed by atoms with Gasteiger partial charge in [-0.05, 0) is 26.6 Å². The molecule has 4 nitrogen and oxygen atoms in total. The molecule has 3 N–H and O–H groups in total. The van der Waals surface area contributed by atoms with Gasteiger partial charge in [0.25, 0.3) is 0 Å². The molecule has 1 aromatic rings. The Kier molecular flexibility index (Phi) is 4.17. The van der Waals surface area contributed by atoms with Gasteiger partial charge < -0.3 is 10.6 Å². The second kappa shape index (κ2) is 5.67. The van der Waals surface area contributed by atoms with Crippen LogP contribution in [0.3, 0.4) is 0 Å². The fraction of sp³-hybridized carbons (Fsp3) is 0.500. The molecule has 0 radical (unpaired) electrons. The van der Waals surface area contributed by atoms with Crippen molar-refractivity contribution in [2.24, 2.45) is 5.73 Å². The van der Waals surface area contributed by atoms with Crippen LogP contribution in [0.2, 0.25) is 0 Å². The van der Waals surface area contributed by atoms with Crippen molar-refractivity contribution in [3.63, 3.8) is 0 Å². The summed E-state index contributed by atoms with van der Waals surface area (Å²) in [4.78, 5) is 4.45. The van der Waals surface area contributed by atoms with E-state index < -0.39 is 0 Å². The normalized spacial score (nSPS) is 20.1. The first kappa shape index (κ1) is 14.0. The van der Waals surface area contributed by atoms with Crippen molar-refractivity contribution in [1.29, 1.82) is 5.41 Å². The summed E-state index contributed by atoms with van der Waals surface area (Å²) in [5.41, 5.74) is 6.19. The van der Waals surface area contributed by atoms with Crippen LogP contribution in [0.4, 0.5) is 4.39 Å². The number of nitrogens with two attached hydrogens (primary N) is 1. The number of halogens is 1. The molecule has 1 aromatic carbocycles. The third-order valence-electron chi connectivity index (χ3n) is 3.74. The predicted octanol–water partition coefficient (Wildman–Crippen LogP) is 1.25. The third-order valence-corrected chi connectivity index (χ3v) is 3.74. The molecule has 1 aliphatic rings. The lowest BCUT2D eigenvalue weighted by Gasteiger charge is -2.20. The monoisotopic (exact) mass is 264 g/mol. The maximum atomic E-state index is 14.2. The largest absolute Gasteiger partial charge is 0.384 e. The summed E-state index contributed by atoms with van der Waals surface area (Å²) in [5.74, 6) is -0.574. The first-order valence-electron chi connectivity index (χ1n) is 6.49. The minimum absolute atomic E-state index is 0.195. The molecule has 1 unspecified atom stereocenters. The van der Waals surface area contributed by atoms with E-state index in [4.69, 9.17) is 11.1 Å². The highest BCUT2D eigenvalue weighted by Crippen LogP contribution is 2.19. The SMILES string of the molecule is CN(C)C1CCN(Cc2cccc(C(=N)N)c2F)C1. The Labute approximate surface area is 113 Å². The van der Waals surface area contributed by atoms with Crippen LogP contribution < -0.4 is 5.73 Å². The van der Waals surface area contributed by atoms with Gasteiger partial charge in [0.05, 0.1) is 5.56 Å². The van der Waals surface area contributed by atoms with Crippen molar-refractivity contribution in [1.82, 2.24) is 9.80 Å². The van der Waals surface area contributed by atoms with Crippen molar-refractivity contribution in [2.45, 2.75) is 19.0 Å². The summed E-state index contributed by atoms with van der Waals surface area (Å²) >= 11 is 0. The number of benzene rings is 1. The first-order valence-corrected chi connectivity index (χ1v) is 6.49. The fourth-order valence-corrected chi connectivity index (χ4v) is 2.53. The zero-order valence-corrected chi connectivity index (χ0v) is 11.5. The lowest BCUT2D eigenvalue weighted by atomic mass is 10.1. The van der Waals surface area contributed by atoms with Crippen molar-refractivity contribution in [3.05, 3.63) is 35.1 Å². The molecule has 19 heavy (non-hydrogen) atoms. The maximum absolute atomic E-state index is 14.2. The van der Waals surface area contributed by atoms with E-state index in [1.54, 1.807) is 18.2 Å². The molecule has 2 rings (SSSR count). The molecule has 1 aliphatic heterocycles. The minimum atomic E-state index is -0.358. The summed E-state index contributed by atoms with van der Waals surface area (Å²) in [6.45, 7) is 2.51. The lowest BCUT2D eigenvalue weighted by molar-refractivity contribution is 0.263. The van der Waals surface area contributed by atoms with Gasteiger partial charge in [-0.25, -0.2) is 4.39 Å². The zero-order valence-electron chi connectivity index (χ0n) is 11.5. The molecule has 0 spiro atoms. The quantitative estimate of drug-likeness (QED) is 0.635. The summed E-state index contributed by atoms with van der Waals surface area (Å²) in [5, 5.41) is 7.36. The lowest BCUT2D eigenvalue weighted by Crippen LogP contribution is -2.31. The van der Waals surface area contributed by atoms with Crippen LogP contribution in [-0.2, 0) is 6.54 Å². The maximum Gasteiger partial charge on any atom is 0.138 e. The number of likely N-dealkylation sites (tertiary alicyclic amines) is 1. The second-order valence-electron chi connectivity index (χ2n) is 5.33. The molecule has 0 aromatic heterocycles. The Bertz CT molecular complexity index is 473. The Morgan fingerprint density at radius 1 is 1.53 bits per heavy atom. The molecule has 1 fully saturated rings. The average Bonchev–Trinajstić information content (AvgIpc) is 2.80. The van der Waals surface area contributed by atoms with Gasteiger partial charge in [0, 0.05) is 31.2 Å². The van der Waals surface area contributed by atoms with Gasteiger partial charge in [-0.3, -0.25) is 10.3 Å². The first-order chi connectivity index (χ1) is 8.99. The van der Waals surface area contributed by atoms with E-state index in [0.717, 1.165) is 19.5 Å². The van der Waals surface area contributed by atoms with Crippen molar-refractivity contribution in [3.8, 4) is 0 Å². The van der Waals surface area contributed by atoms with E-state index in [1.165, 1.54) is 0 Å². The highest BCUT2D eigenvalue weighted by atomic mass is 19.1.